The van der Waals surface area contributed by atoms with Gasteiger partial charge < -0.3 is 9.47 Å². The van der Waals surface area contributed by atoms with Gasteiger partial charge >= 0.3 is 11.9 Å². The van der Waals surface area contributed by atoms with Gasteiger partial charge in [-0.3, -0.25) is 0 Å². The summed E-state index contributed by atoms with van der Waals surface area (Å²) < 4.78 is 10.3. The van der Waals surface area contributed by atoms with Gasteiger partial charge in [0, 0.05) is 12.5 Å². The Hall–Kier alpha value is -1.58. The molecule has 0 aromatic heterocycles. The third-order valence-corrected chi connectivity index (χ3v) is 5.65. The highest BCUT2D eigenvalue weighted by Crippen LogP contribution is 2.19. The summed E-state index contributed by atoms with van der Waals surface area (Å²) in [6.45, 7) is 9.40. The molecule has 0 unspecified atom stereocenters. The number of ether oxygens (including phenoxy) is 2. The zero-order valence-corrected chi connectivity index (χ0v) is 20.6. The average molecular weight is 437 g/mol. The fourth-order valence-corrected chi connectivity index (χ4v) is 3.67. The molecule has 0 fully saturated rings. The summed E-state index contributed by atoms with van der Waals surface area (Å²) in [5.41, 5.74) is 0.373. The lowest BCUT2D eigenvalue weighted by Crippen LogP contribution is -2.11. The summed E-state index contributed by atoms with van der Waals surface area (Å²) in [5, 5.41) is 0. The molecule has 0 aliphatic heterocycles. The van der Waals surface area contributed by atoms with Gasteiger partial charge in [-0.2, -0.15) is 0 Å². The molecule has 0 radical (unpaired) electrons. The van der Waals surface area contributed by atoms with Crippen molar-refractivity contribution >= 4 is 11.9 Å². The molecule has 4 heteroatoms. The molecule has 0 atom stereocenters. The van der Waals surface area contributed by atoms with Crippen LogP contribution in [0.2, 0.25) is 0 Å². The smallest absolute Gasteiger partial charge is 0.337 e. The molecule has 0 N–H and O–H groups in total. The van der Waals surface area contributed by atoms with E-state index in [1.807, 2.05) is 0 Å². The third kappa shape index (κ3) is 17.8. The van der Waals surface area contributed by atoms with E-state index in [0.29, 0.717) is 24.4 Å². The third-order valence-electron chi connectivity index (χ3n) is 5.65. The average Bonchev–Trinajstić information content (AvgIpc) is 2.77. The SMILES string of the molecule is C=CC(=O)OC(CCCCCCCCCCCCCCCCCC)=C(C)C(=O)OCC. The first kappa shape index (κ1) is 29.4. The first-order valence-corrected chi connectivity index (χ1v) is 12.8. The molecule has 0 aromatic rings. The van der Waals surface area contributed by atoms with Crippen molar-refractivity contribution in [1.82, 2.24) is 0 Å². The number of hydrogen-bond acceptors (Lipinski definition) is 4. The normalized spacial score (nSPS) is 11.7. The molecule has 0 amide bonds. The monoisotopic (exact) mass is 436 g/mol. The first-order valence-electron chi connectivity index (χ1n) is 12.8. The van der Waals surface area contributed by atoms with Crippen LogP contribution in [-0.2, 0) is 19.1 Å². The predicted octanol–water partition coefficient (Wildman–Crippen LogP) is 8.20. The maximum atomic E-state index is 11.9. The number of unbranched alkanes of at least 4 members (excludes halogenated alkanes) is 15. The summed E-state index contributed by atoms with van der Waals surface area (Å²) in [6, 6.07) is 0. The van der Waals surface area contributed by atoms with Crippen LogP contribution in [0.15, 0.2) is 24.0 Å². The van der Waals surface area contributed by atoms with Crippen LogP contribution in [0.3, 0.4) is 0 Å². The second-order valence-corrected chi connectivity index (χ2v) is 8.45. The molecule has 0 rings (SSSR count). The van der Waals surface area contributed by atoms with Gasteiger partial charge in [-0.15, -0.1) is 0 Å². The van der Waals surface area contributed by atoms with Crippen molar-refractivity contribution in [2.45, 2.75) is 130 Å². The molecular weight excluding hydrogens is 388 g/mol. The molecule has 0 saturated carbocycles. The van der Waals surface area contributed by atoms with Crippen LogP contribution in [0.1, 0.15) is 130 Å². The summed E-state index contributed by atoms with van der Waals surface area (Å²) in [5.74, 6) is -0.547. The lowest BCUT2D eigenvalue weighted by atomic mass is 10.0. The maximum Gasteiger partial charge on any atom is 0.337 e. The number of esters is 2. The Morgan fingerprint density at radius 2 is 1.13 bits per heavy atom. The highest BCUT2D eigenvalue weighted by atomic mass is 16.5. The van der Waals surface area contributed by atoms with Crippen LogP contribution in [0.5, 0.6) is 0 Å². The van der Waals surface area contributed by atoms with E-state index in [-0.39, 0.29) is 0 Å². The van der Waals surface area contributed by atoms with Gasteiger partial charge in [0.1, 0.15) is 5.76 Å². The minimum Gasteiger partial charge on any atom is -0.463 e. The highest BCUT2D eigenvalue weighted by molar-refractivity contribution is 5.89. The van der Waals surface area contributed by atoms with E-state index in [0.717, 1.165) is 18.9 Å². The van der Waals surface area contributed by atoms with Crippen LogP contribution in [-0.4, -0.2) is 18.5 Å². The fraction of sp³-hybridized carbons (Fsp3) is 0.778. The maximum absolute atomic E-state index is 11.9. The molecule has 0 saturated heterocycles. The second kappa shape index (κ2) is 21.6. The Balaban J connectivity index is 3.77. The van der Waals surface area contributed by atoms with E-state index in [1.54, 1.807) is 13.8 Å². The van der Waals surface area contributed by atoms with Crippen molar-refractivity contribution in [1.29, 1.82) is 0 Å². The Morgan fingerprint density at radius 1 is 0.710 bits per heavy atom. The van der Waals surface area contributed by atoms with Crippen LogP contribution >= 0.6 is 0 Å². The number of carbonyl (C=O) groups is 2. The second-order valence-electron chi connectivity index (χ2n) is 8.45. The van der Waals surface area contributed by atoms with Crippen LogP contribution < -0.4 is 0 Å². The van der Waals surface area contributed by atoms with E-state index >= 15 is 0 Å². The van der Waals surface area contributed by atoms with Gasteiger partial charge in [0.05, 0.1) is 12.2 Å². The Morgan fingerprint density at radius 3 is 1.52 bits per heavy atom. The Labute approximate surface area is 191 Å². The summed E-state index contributed by atoms with van der Waals surface area (Å²) in [6.07, 6.45) is 22.7. The molecule has 0 bridgehead atoms. The van der Waals surface area contributed by atoms with Crippen LogP contribution in [0.4, 0.5) is 0 Å². The minimum absolute atomic E-state index is 0.303. The molecular formula is C27H48O4. The summed E-state index contributed by atoms with van der Waals surface area (Å²) in [4.78, 5) is 23.5. The topological polar surface area (TPSA) is 52.6 Å². The zero-order valence-electron chi connectivity index (χ0n) is 20.6. The molecule has 31 heavy (non-hydrogen) atoms. The Bertz CT molecular complexity index is 507. The summed E-state index contributed by atoms with van der Waals surface area (Å²) in [7, 11) is 0. The van der Waals surface area contributed by atoms with Crippen molar-refractivity contribution in [2.24, 2.45) is 0 Å². The van der Waals surface area contributed by atoms with Crippen LogP contribution in [0, 0.1) is 0 Å². The quantitative estimate of drug-likeness (QED) is 0.0787. The number of carbonyl (C=O) groups excluding carboxylic acids is 2. The lowest BCUT2D eigenvalue weighted by molar-refractivity contribution is -0.139. The zero-order chi connectivity index (χ0) is 23.2. The molecule has 180 valence electrons. The van der Waals surface area contributed by atoms with Gasteiger partial charge in [0.25, 0.3) is 0 Å². The largest absolute Gasteiger partial charge is 0.463 e. The Kier molecular flexibility index (Phi) is 20.5. The van der Waals surface area contributed by atoms with Gasteiger partial charge in [-0.05, 0) is 20.3 Å². The van der Waals surface area contributed by atoms with E-state index in [9.17, 15) is 9.59 Å². The highest BCUT2D eigenvalue weighted by Gasteiger charge is 2.15. The fourth-order valence-electron chi connectivity index (χ4n) is 3.67. The molecule has 0 aliphatic rings. The van der Waals surface area contributed by atoms with E-state index in [1.165, 1.54) is 89.9 Å². The van der Waals surface area contributed by atoms with Crippen molar-refractivity contribution < 1.29 is 19.1 Å². The van der Waals surface area contributed by atoms with E-state index in [2.05, 4.69) is 13.5 Å². The lowest BCUT2D eigenvalue weighted by Gasteiger charge is -2.11. The number of rotatable bonds is 21. The number of hydrogen-bond donors (Lipinski definition) is 0. The van der Waals surface area contributed by atoms with Gasteiger partial charge in [-0.1, -0.05) is 110 Å². The molecule has 0 spiro atoms. The van der Waals surface area contributed by atoms with Gasteiger partial charge in [-0.25, -0.2) is 9.59 Å². The van der Waals surface area contributed by atoms with E-state index in [4.69, 9.17) is 9.47 Å². The van der Waals surface area contributed by atoms with Gasteiger partial charge in [0.15, 0.2) is 0 Å². The predicted molar refractivity (Wildman–Crippen MR) is 130 cm³/mol. The molecule has 0 heterocycles. The van der Waals surface area contributed by atoms with Crippen molar-refractivity contribution in [3.63, 3.8) is 0 Å². The minimum atomic E-state index is -0.532. The van der Waals surface area contributed by atoms with Crippen LogP contribution in [0.25, 0.3) is 0 Å². The van der Waals surface area contributed by atoms with E-state index < -0.39 is 11.9 Å². The van der Waals surface area contributed by atoms with Crippen molar-refractivity contribution in [3.8, 4) is 0 Å². The molecule has 0 aliphatic carbocycles. The molecule has 4 nitrogen and oxygen atoms in total. The first-order chi connectivity index (χ1) is 15.1. The molecule has 0 aromatic carbocycles. The number of allylic oxidation sites excluding steroid dienone is 1. The van der Waals surface area contributed by atoms with Crippen molar-refractivity contribution in [3.05, 3.63) is 24.0 Å². The van der Waals surface area contributed by atoms with Crippen molar-refractivity contribution in [2.75, 3.05) is 6.61 Å². The standard InChI is InChI=1S/C27H48O4/c1-5-8-9-10-11-12-13-14-15-16-17-18-19-20-21-22-23-25(31-26(28)6-2)24(4)27(29)30-7-3/h6H,2,5,7-23H2,1,3-4H3. The van der Waals surface area contributed by atoms with Gasteiger partial charge in [0.2, 0.25) is 0 Å². The summed E-state index contributed by atoms with van der Waals surface area (Å²) >= 11 is 0.